The third-order valence-electron chi connectivity index (χ3n) is 6.43. The molecule has 0 aromatic carbocycles. The minimum atomic E-state index is -4.50. The first kappa shape index (κ1) is 23.9. The summed E-state index contributed by atoms with van der Waals surface area (Å²) in [6, 6.07) is 2.12. The van der Waals surface area contributed by atoms with E-state index in [2.05, 4.69) is 25.3 Å². The van der Waals surface area contributed by atoms with Gasteiger partial charge >= 0.3 is 6.18 Å². The van der Waals surface area contributed by atoms with E-state index in [0.29, 0.717) is 30.0 Å². The Morgan fingerprint density at radius 2 is 1.94 bits per heavy atom. The van der Waals surface area contributed by atoms with E-state index in [-0.39, 0.29) is 23.7 Å². The van der Waals surface area contributed by atoms with E-state index in [1.54, 1.807) is 39.6 Å². The molecule has 1 saturated carbocycles. The number of nitrogens with one attached hydrogen (secondary N) is 1. The predicted octanol–water partition coefficient (Wildman–Crippen LogP) is 3.43. The van der Waals surface area contributed by atoms with Crippen molar-refractivity contribution in [2.24, 2.45) is 4.99 Å². The first-order valence-corrected chi connectivity index (χ1v) is 10.6. The van der Waals surface area contributed by atoms with Crippen molar-refractivity contribution >= 4 is 29.1 Å². The molecule has 1 unspecified atom stereocenters. The fraction of sp³-hybridized carbons (Fsp3) is 0.500. The Balaban J connectivity index is 1.49. The Kier molecular flexibility index (Phi) is 5.54. The third-order valence-corrected chi connectivity index (χ3v) is 6.43. The van der Waals surface area contributed by atoms with Gasteiger partial charge in [-0.1, -0.05) is 0 Å². The van der Waals surface area contributed by atoms with Crippen LogP contribution in [0.2, 0.25) is 0 Å². The molecule has 12 heteroatoms. The Bertz CT molecular complexity index is 1150. The third kappa shape index (κ3) is 4.06. The van der Waals surface area contributed by atoms with E-state index >= 15 is 0 Å². The van der Waals surface area contributed by atoms with Crippen LogP contribution in [0.1, 0.15) is 45.0 Å². The van der Waals surface area contributed by atoms with Crippen molar-refractivity contribution in [1.82, 2.24) is 15.0 Å². The van der Waals surface area contributed by atoms with Gasteiger partial charge in [-0.3, -0.25) is 4.79 Å². The molecule has 182 valence electrons. The maximum absolute atomic E-state index is 12.8. The van der Waals surface area contributed by atoms with Gasteiger partial charge in [-0.15, -0.1) is 0 Å². The Morgan fingerprint density at radius 1 is 1.26 bits per heavy atom. The van der Waals surface area contributed by atoms with Crippen LogP contribution in [0.5, 0.6) is 5.75 Å². The molecule has 1 fully saturated rings. The number of anilines is 2. The van der Waals surface area contributed by atoms with Crippen molar-refractivity contribution in [3.63, 3.8) is 0 Å². The number of halogens is 3. The second kappa shape index (κ2) is 7.90. The number of pyridine rings is 1. The number of carbonyl (C=O) groups is 1. The second-order valence-electron chi connectivity index (χ2n) is 9.16. The van der Waals surface area contributed by atoms with Gasteiger partial charge in [-0.2, -0.15) is 18.2 Å². The fourth-order valence-electron chi connectivity index (χ4n) is 3.86. The minimum absolute atomic E-state index is 0.210. The maximum Gasteiger partial charge on any atom is 0.433 e. The van der Waals surface area contributed by atoms with Crippen LogP contribution < -0.4 is 15.0 Å². The van der Waals surface area contributed by atoms with Gasteiger partial charge in [0.25, 0.3) is 11.9 Å². The normalized spacial score (nSPS) is 22.6. The molecule has 1 amide bonds. The number of aliphatic imine (C=N–C) groups is 1. The number of aromatic nitrogens is 3. The van der Waals surface area contributed by atoms with Gasteiger partial charge in [-0.25, -0.2) is 15.0 Å². The predicted molar refractivity (Wildman–Crippen MR) is 118 cm³/mol. The lowest BCUT2D eigenvalue weighted by Gasteiger charge is -2.49. The average molecular weight is 478 g/mol. The van der Waals surface area contributed by atoms with Crippen LogP contribution in [-0.4, -0.2) is 56.0 Å². The van der Waals surface area contributed by atoms with Crippen molar-refractivity contribution in [3.05, 3.63) is 29.7 Å². The van der Waals surface area contributed by atoms with E-state index < -0.39 is 23.0 Å². The minimum Gasteiger partial charge on any atom is -0.488 e. The fourth-order valence-corrected chi connectivity index (χ4v) is 3.86. The Morgan fingerprint density at radius 3 is 2.50 bits per heavy atom. The number of ether oxygens (including phenoxy) is 1. The zero-order valence-corrected chi connectivity index (χ0v) is 19.4. The van der Waals surface area contributed by atoms with Gasteiger partial charge in [0.05, 0.1) is 17.5 Å². The Hall–Kier alpha value is -3.28. The molecule has 2 aliphatic rings. The molecule has 0 saturated heterocycles. The summed E-state index contributed by atoms with van der Waals surface area (Å²) in [5.74, 6) is 0.541. The molecule has 2 aromatic heterocycles. The first-order chi connectivity index (χ1) is 15.7. The summed E-state index contributed by atoms with van der Waals surface area (Å²) >= 11 is 0. The molecule has 1 aliphatic carbocycles. The smallest absolute Gasteiger partial charge is 0.433 e. The van der Waals surface area contributed by atoms with Crippen LogP contribution in [0.3, 0.4) is 0 Å². The number of carbonyl (C=O) groups excluding carboxylic acids is 1. The zero-order chi connectivity index (χ0) is 25.1. The number of aliphatic hydroxyl groups is 1. The van der Waals surface area contributed by atoms with Gasteiger partial charge in [0.1, 0.15) is 28.8 Å². The highest BCUT2D eigenvalue weighted by Gasteiger charge is 2.53. The average Bonchev–Trinajstić information content (AvgIpc) is 2.70. The van der Waals surface area contributed by atoms with E-state index in [0.717, 1.165) is 18.0 Å². The molecular weight excluding hydrogens is 453 g/mol. The molecule has 1 atom stereocenters. The quantitative estimate of drug-likeness (QED) is 0.692. The molecule has 0 spiro atoms. The molecular formula is C22H25F3N6O3. The van der Waals surface area contributed by atoms with Crippen LogP contribution in [0.25, 0.3) is 0 Å². The zero-order valence-electron chi connectivity index (χ0n) is 19.4. The number of nitrogens with zero attached hydrogens (tertiary/aromatic N) is 5. The first-order valence-electron chi connectivity index (χ1n) is 10.6. The molecule has 9 nitrogen and oxygen atoms in total. The number of alkyl halides is 3. The number of aryl methyl sites for hydroxylation is 1. The SMILES string of the molecule is Cc1nc(N=C2CC(Oc3ccc(C(F)(F)F)nc3)C2)nc2c1NC(=O)C(C)(C(C)(C)O)N2C. The highest BCUT2D eigenvalue weighted by Crippen LogP contribution is 2.41. The number of fused-ring (bicyclic) bond motifs is 1. The van der Waals surface area contributed by atoms with Crippen LogP contribution in [0.4, 0.5) is 30.6 Å². The lowest BCUT2D eigenvalue weighted by Crippen LogP contribution is -2.67. The van der Waals surface area contributed by atoms with Crippen LogP contribution in [-0.2, 0) is 11.0 Å². The number of hydrogen-bond donors (Lipinski definition) is 2. The highest BCUT2D eigenvalue weighted by molar-refractivity contribution is 6.07. The molecule has 1 aliphatic heterocycles. The Labute approximate surface area is 194 Å². The number of hydrogen-bond acceptors (Lipinski definition) is 8. The summed E-state index contributed by atoms with van der Waals surface area (Å²) < 4.78 is 43.5. The molecule has 4 rings (SSSR count). The van der Waals surface area contributed by atoms with Crippen molar-refractivity contribution in [2.75, 3.05) is 17.3 Å². The number of likely N-dealkylation sites (N-methyl/N-ethyl adjacent to an activating group) is 1. The summed E-state index contributed by atoms with van der Waals surface area (Å²) in [5, 5.41) is 13.5. The second-order valence-corrected chi connectivity index (χ2v) is 9.16. The number of amides is 1. The van der Waals surface area contributed by atoms with E-state index in [1.165, 1.54) is 6.07 Å². The van der Waals surface area contributed by atoms with Gasteiger partial charge < -0.3 is 20.1 Å². The molecule has 2 N–H and O–H groups in total. The number of rotatable bonds is 4. The topological polar surface area (TPSA) is 113 Å². The highest BCUT2D eigenvalue weighted by atomic mass is 19.4. The molecule has 0 radical (unpaired) electrons. The van der Waals surface area contributed by atoms with Crippen molar-refractivity contribution in [1.29, 1.82) is 0 Å². The summed E-state index contributed by atoms with van der Waals surface area (Å²) in [4.78, 5) is 31.2. The van der Waals surface area contributed by atoms with Crippen LogP contribution >= 0.6 is 0 Å². The van der Waals surface area contributed by atoms with E-state index in [9.17, 15) is 23.1 Å². The summed E-state index contributed by atoms with van der Waals surface area (Å²) in [6.45, 7) is 6.49. The van der Waals surface area contributed by atoms with Crippen molar-refractivity contribution in [3.8, 4) is 5.75 Å². The standard InChI is InChI=1S/C22H25F3N6O3/c1-11-16-17(31(5)21(4,18(32)29-16)20(2,3)33)30-19(27-11)28-12-8-14(9-12)34-13-6-7-15(26-10-13)22(23,24)25/h6-7,10,14,33H,8-9H2,1-5H3,(H,29,32). The molecule has 3 heterocycles. The van der Waals surface area contributed by atoms with Gasteiger partial charge in [-0.05, 0) is 39.8 Å². The van der Waals surface area contributed by atoms with Crippen LogP contribution in [0.15, 0.2) is 23.3 Å². The van der Waals surface area contributed by atoms with Crippen molar-refractivity contribution in [2.45, 2.75) is 64.0 Å². The van der Waals surface area contributed by atoms with E-state index in [1.807, 2.05) is 0 Å². The van der Waals surface area contributed by atoms with Gasteiger partial charge in [0.2, 0.25) is 0 Å². The summed E-state index contributed by atoms with van der Waals surface area (Å²) in [5.41, 5.74) is -1.83. The lowest BCUT2D eigenvalue weighted by molar-refractivity contribution is -0.141. The largest absolute Gasteiger partial charge is 0.488 e. The lowest BCUT2D eigenvalue weighted by atomic mass is 9.80. The van der Waals surface area contributed by atoms with E-state index in [4.69, 9.17) is 4.74 Å². The molecule has 0 bridgehead atoms. The maximum atomic E-state index is 12.8. The van der Waals surface area contributed by atoms with Gasteiger partial charge in [0.15, 0.2) is 5.82 Å². The monoisotopic (exact) mass is 478 g/mol. The summed E-state index contributed by atoms with van der Waals surface area (Å²) in [7, 11) is 1.68. The summed E-state index contributed by atoms with van der Waals surface area (Å²) in [6.07, 6.45) is -2.75. The molecule has 34 heavy (non-hydrogen) atoms. The molecule has 2 aromatic rings. The van der Waals surface area contributed by atoms with Crippen molar-refractivity contribution < 1.29 is 27.8 Å². The van der Waals surface area contributed by atoms with Crippen LogP contribution in [0, 0.1) is 6.92 Å². The van der Waals surface area contributed by atoms with Gasteiger partial charge in [0, 0.05) is 25.6 Å².